The molecule has 128 valence electrons. The van der Waals surface area contributed by atoms with Gasteiger partial charge in [0.25, 0.3) is 0 Å². The number of hydrogen-bond acceptors (Lipinski definition) is 5. The lowest BCUT2D eigenvalue weighted by Gasteiger charge is -2.29. The first kappa shape index (κ1) is 17.0. The lowest BCUT2D eigenvalue weighted by atomic mass is 9.86. The predicted molar refractivity (Wildman–Crippen MR) is 94.5 cm³/mol. The summed E-state index contributed by atoms with van der Waals surface area (Å²) < 4.78 is 1.90. The molecule has 2 aromatic rings. The molecule has 0 unspecified atom stereocenters. The lowest BCUT2D eigenvalue weighted by molar-refractivity contribution is -0.119. The first-order chi connectivity index (χ1) is 11.6. The van der Waals surface area contributed by atoms with Crippen molar-refractivity contribution < 1.29 is 4.79 Å². The van der Waals surface area contributed by atoms with Crippen molar-refractivity contribution in [2.45, 2.75) is 43.8 Å². The topological polar surface area (TPSA) is 72.7 Å². The van der Waals surface area contributed by atoms with Gasteiger partial charge in [0.1, 0.15) is 0 Å². The fraction of sp³-hybridized carbons (Fsp3) is 0.529. The third-order valence-electron chi connectivity index (χ3n) is 4.54. The van der Waals surface area contributed by atoms with Gasteiger partial charge in [0.15, 0.2) is 11.0 Å². The zero-order valence-electron chi connectivity index (χ0n) is 14.1. The Hall–Kier alpha value is -1.89. The van der Waals surface area contributed by atoms with Gasteiger partial charge in [0, 0.05) is 31.0 Å². The second kappa shape index (κ2) is 7.79. The Morgan fingerprint density at radius 2 is 2.21 bits per heavy atom. The number of thioether (sulfide) groups is 1. The molecule has 0 spiro atoms. The Labute approximate surface area is 146 Å². The summed E-state index contributed by atoms with van der Waals surface area (Å²) in [6.45, 7) is 2.22. The van der Waals surface area contributed by atoms with E-state index in [9.17, 15) is 4.79 Å². The summed E-state index contributed by atoms with van der Waals surface area (Å²) in [5.74, 6) is 1.76. The minimum Gasteiger partial charge on any atom is -0.352 e. The van der Waals surface area contributed by atoms with Crippen molar-refractivity contribution in [2.75, 3.05) is 5.75 Å². The van der Waals surface area contributed by atoms with Gasteiger partial charge in [-0.05, 0) is 30.9 Å². The van der Waals surface area contributed by atoms with E-state index in [1.165, 1.54) is 31.0 Å². The molecule has 24 heavy (non-hydrogen) atoms. The van der Waals surface area contributed by atoms with E-state index in [4.69, 9.17) is 0 Å². The van der Waals surface area contributed by atoms with Crippen LogP contribution >= 0.6 is 11.8 Å². The summed E-state index contributed by atoms with van der Waals surface area (Å²) >= 11 is 1.42. The van der Waals surface area contributed by atoms with Gasteiger partial charge in [0.2, 0.25) is 5.91 Å². The Morgan fingerprint density at radius 1 is 1.38 bits per heavy atom. The van der Waals surface area contributed by atoms with E-state index >= 15 is 0 Å². The van der Waals surface area contributed by atoms with E-state index in [0.717, 1.165) is 23.0 Å². The molecule has 1 aliphatic carbocycles. The Kier molecular flexibility index (Phi) is 5.50. The van der Waals surface area contributed by atoms with Gasteiger partial charge in [0.05, 0.1) is 5.75 Å². The molecule has 1 saturated carbocycles. The van der Waals surface area contributed by atoms with Crippen LogP contribution in [0.4, 0.5) is 0 Å². The van der Waals surface area contributed by atoms with Crippen molar-refractivity contribution in [3.63, 3.8) is 0 Å². The molecule has 1 N–H and O–H groups in total. The van der Waals surface area contributed by atoms with E-state index in [2.05, 4.69) is 27.4 Å². The van der Waals surface area contributed by atoms with Gasteiger partial charge in [-0.3, -0.25) is 9.78 Å². The van der Waals surface area contributed by atoms with Crippen molar-refractivity contribution in [1.29, 1.82) is 0 Å². The van der Waals surface area contributed by atoms with Crippen molar-refractivity contribution in [3.8, 4) is 11.4 Å². The zero-order chi connectivity index (χ0) is 16.9. The molecule has 2 heterocycles. The number of hydrogen-bond donors (Lipinski definition) is 1. The highest BCUT2D eigenvalue weighted by Crippen LogP contribution is 2.25. The Morgan fingerprint density at radius 3 is 2.96 bits per heavy atom. The van der Waals surface area contributed by atoms with Gasteiger partial charge in [-0.2, -0.15) is 0 Å². The van der Waals surface area contributed by atoms with Gasteiger partial charge in [-0.15, -0.1) is 10.2 Å². The highest BCUT2D eigenvalue weighted by atomic mass is 32.2. The average molecular weight is 345 g/mol. The second-order valence-corrected chi connectivity index (χ2v) is 7.27. The van der Waals surface area contributed by atoms with Crippen LogP contribution in [0.3, 0.4) is 0 Å². The number of amides is 1. The Bertz CT molecular complexity index is 688. The molecule has 1 fully saturated rings. The predicted octanol–water partition coefficient (Wildman–Crippen LogP) is 2.66. The monoisotopic (exact) mass is 345 g/mol. The van der Waals surface area contributed by atoms with Crippen molar-refractivity contribution in [3.05, 3.63) is 24.5 Å². The summed E-state index contributed by atoms with van der Waals surface area (Å²) in [5, 5.41) is 12.3. The summed E-state index contributed by atoms with van der Waals surface area (Å²) in [6, 6.07) is 4.13. The van der Waals surface area contributed by atoms with Crippen molar-refractivity contribution >= 4 is 17.7 Å². The van der Waals surface area contributed by atoms with E-state index in [1.54, 1.807) is 12.4 Å². The number of aromatic nitrogens is 4. The van der Waals surface area contributed by atoms with Gasteiger partial charge < -0.3 is 9.88 Å². The van der Waals surface area contributed by atoms with Gasteiger partial charge in [-0.25, -0.2) is 0 Å². The molecule has 1 aliphatic rings. The molecule has 0 saturated heterocycles. The fourth-order valence-electron chi connectivity index (χ4n) is 3.10. The molecule has 0 aromatic carbocycles. The highest BCUT2D eigenvalue weighted by Gasteiger charge is 2.23. The molecule has 7 heteroatoms. The quantitative estimate of drug-likeness (QED) is 0.844. The number of pyridine rings is 1. The summed E-state index contributed by atoms with van der Waals surface area (Å²) in [5.41, 5.74) is 0.917. The van der Waals surface area contributed by atoms with E-state index in [1.807, 2.05) is 23.7 Å². The average Bonchev–Trinajstić information content (AvgIpc) is 2.97. The number of nitrogens with zero attached hydrogens (tertiary/aromatic N) is 4. The smallest absolute Gasteiger partial charge is 0.230 e. The maximum atomic E-state index is 12.2. The lowest BCUT2D eigenvalue weighted by Crippen LogP contribution is -2.41. The minimum atomic E-state index is 0.0738. The first-order valence-electron chi connectivity index (χ1n) is 8.37. The number of carbonyl (C=O) groups excluding carboxylic acids is 1. The standard InChI is InChI=1S/C17H23N5OS/c1-12-6-3-4-8-14(12)19-15(23)11-24-17-21-20-16(22(17)2)13-7-5-9-18-10-13/h5,7,9-10,12,14H,3-4,6,8,11H2,1-2H3,(H,19,23)/t12-,14+/m0/s1. The first-order valence-corrected chi connectivity index (χ1v) is 9.35. The summed E-state index contributed by atoms with van der Waals surface area (Å²) in [7, 11) is 1.91. The minimum absolute atomic E-state index is 0.0738. The summed E-state index contributed by atoms with van der Waals surface area (Å²) in [4.78, 5) is 16.3. The van der Waals surface area contributed by atoms with Crippen molar-refractivity contribution in [1.82, 2.24) is 25.1 Å². The van der Waals surface area contributed by atoms with E-state index in [-0.39, 0.29) is 5.91 Å². The van der Waals surface area contributed by atoms with E-state index < -0.39 is 0 Å². The molecule has 0 bridgehead atoms. The number of nitrogens with one attached hydrogen (secondary N) is 1. The molecule has 6 nitrogen and oxygen atoms in total. The SMILES string of the molecule is C[C@H]1CCCC[C@H]1NC(=O)CSc1nnc(-c2cccnc2)n1C. The van der Waals surface area contributed by atoms with Gasteiger partial charge >= 0.3 is 0 Å². The molecular formula is C17H23N5OS. The number of rotatable bonds is 5. The number of carbonyl (C=O) groups is 1. The van der Waals surface area contributed by atoms with Crippen LogP contribution in [0.25, 0.3) is 11.4 Å². The molecular weight excluding hydrogens is 322 g/mol. The van der Waals surface area contributed by atoms with Crippen LogP contribution < -0.4 is 5.32 Å². The van der Waals surface area contributed by atoms with Crippen LogP contribution in [0.2, 0.25) is 0 Å². The Balaban J connectivity index is 1.57. The van der Waals surface area contributed by atoms with Crippen LogP contribution in [0, 0.1) is 5.92 Å². The van der Waals surface area contributed by atoms with Crippen LogP contribution in [0.5, 0.6) is 0 Å². The van der Waals surface area contributed by atoms with E-state index in [0.29, 0.717) is 17.7 Å². The molecule has 1 amide bonds. The third-order valence-corrected chi connectivity index (χ3v) is 5.57. The van der Waals surface area contributed by atoms with Gasteiger partial charge in [-0.1, -0.05) is 31.5 Å². The van der Waals surface area contributed by atoms with Crippen LogP contribution in [0.1, 0.15) is 32.6 Å². The molecule has 2 atom stereocenters. The molecule has 2 aromatic heterocycles. The van der Waals surface area contributed by atoms with Crippen LogP contribution in [-0.4, -0.2) is 37.5 Å². The van der Waals surface area contributed by atoms with Crippen molar-refractivity contribution in [2.24, 2.45) is 13.0 Å². The molecule has 0 aliphatic heterocycles. The maximum absolute atomic E-state index is 12.2. The normalized spacial score (nSPS) is 20.8. The fourth-order valence-corrected chi connectivity index (χ4v) is 3.82. The largest absolute Gasteiger partial charge is 0.352 e. The van der Waals surface area contributed by atoms with Crippen LogP contribution in [-0.2, 0) is 11.8 Å². The highest BCUT2D eigenvalue weighted by molar-refractivity contribution is 7.99. The summed E-state index contributed by atoms with van der Waals surface area (Å²) in [6.07, 6.45) is 8.27. The van der Waals surface area contributed by atoms with Crippen LogP contribution in [0.15, 0.2) is 29.7 Å². The maximum Gasteiger partial charge on any atom is 0.230 e. The molecule has 3 rings (SSSR count). The zero-order valence-corrected chi connectivity index (χ0v) is 14.9. The third kappa shape index (κ3) is 3.95. The second-order valence-electron chi connectivity index (χ2n) is 6.33. The molecule has 0 radical (unpaired) electrons.